The average molecular weight is 332 g/mol. The lowest BCUT2D eigenvalue weighted by Gasteiger charge is -2.09. The first-order chi connectivity index (χ1) is 10.3. The highest BCUT2D eigenvalue weighted by Gasteiger charge is 2.29. The second-order valence-electron chi connectivity index (χ2n) is 4.54. The molecule has 2 aromatic rings. The number of anilines is 1. The predicted molar refractivity (Wildman–Crippen MR) is 75.2 cm³/mol. The van der Waals surface area contributed by atoms with Gasteiger partial charge in [0.15, 0.2) is 0 Å². The van der Waals surface area contributed by atoms with Crippen LogP contribution in [0.5, 0.6) is 0 Å². The monoisotopic (exact) mass is 331 g/mol. The fourth-order valence-corrected chi connectivity index (χ4v) is 1.94. The van der Waals surface area contributed by atoms with Gasteiger partial charge in [-0.25, -0.2) is 4.39 Å². The summed E-state index contributed by atoms with van der Waals surface area (Å²) in [6, 6.07) is 7.91. The first-order valence-electron chi connectivity index (χ1n) is 6.17. The van der Waals surface area contributed by atoms with Crippen molar-refractivity contribution in [2.24, 2.45) is 0 Å². The predicted octanol–water partition coefficient (Wildman–Crippen LogP) is 4.68. The highest BCUT2D eigenvalue weighted by Crippen LogP contribution is 2.29. The van der Waals surface area contributed by atoms with Gasteiger partial charge in [0, 0.05) is 10.7 Å². The van der Waals surface area contributed by atoms with Crippen LogP contribution in [0.4, 0.5) is 23.2 Å². The molecule has 0 saturated carbocycles. The van der Waals surface area contributed by atoms with Gasteiger partial charge in [0.25, 0.3) is 0 Å². The fourth-order valence-electron chi connectivity index (χ4n) is 1.79. The number of carbonyl (C=O) groups excluding carboxylic acids is 1. The van der Waals surface area contributed by atoms with Crippen LogP contribution in [0.25, 0.3) is 0 Å². The molecule has 0 saturated heterocycles. The van der Waals surface area contributed by atoms with Crippen LogP contribution in [0.15, 0.2) is 42.5 Å². The third kappa shape index (κ3) is 4.21. The number of hydrogen-bond donors (Lipinski definition) is 1. The van der Waals surface area contributed by atoms with Crippen molar-refractivity contribution >= 4 is 23.2 Å². The Labute approximate surface area is 128 Å². The number of carbonyl (C=O) groups is 1. The van der Waals surface area contributed by atoms with Crippen molar-refractivity contribution in [3.63, 3.8) is 0 Å². The van der Waals surface area contributed by atoms with E-state index in [4.69, 9.17) is 11.6 Å². The molecule has 0 unspecified atom stereocenters. The summed E-state index contributed by atoms with van der Waals surface area (Å²) in [6.07, 6.45) is -4.68. The maximum atomic E-state index is 13.5. The summed E-state index contributed by atoms with van der Waals surface area (Å²) >= 11 is 5.60. The van der Waals surface area contributed by atoms with Gasteiger partial charge in [0.05, 0.1) is 12.0 Å². The third-order valence-corrected chi connectivity index (χ3v) is 3.10. The van der Waals surface area contributed by atoms with E-state index in [0.29, 0.717) is 0 Å². The van der Waals surface area contributed by atoms with E-state index < -0.39 is 23.5 Å². The first-order valence-corrected chi connectivity index (χ1v) is 6.54. The van der Waals surface area contributed by atoms with E-state index in [1.54, 1.807) is 0 Å². The molecule has 2 nitrogen and oxygen atoms in total. The van der Waals surface area contributed by atoms with Gasteiger partial charge in [0.2, 0.25) is 5.91 Å². The number of hydrogen-bond acceptors (Lipinski definition) is 1. The van der Waals surface area contributed by atoms with Crippen molar-refractivity contribution in [3.8, 4) is 0 Å². The smallest absolute Gasteiger partial charge is 0.326 e. The Morgan fingerprint density at radius 1 is 1.09 bits per heavy atom. The molecule has 0 atom stereocenters. The Bertz CT molecular complexity index is 683. The molecule has 116 valence electrons. The first kappa shape index (κ1) is 16.3. The number of alkyl halides is 3. The molecule has 0 bridgehead atoms. The Morgan fingerprint density at radius 3 is 2.27 bits per heavy atom. The quantitative estimate of drug-likeness (QED) is 0.813. The standard InChI is InChI=1S/C15H10ClF4NO/c16-11-4-1-9(13(17)8-11)7-14(22)21-12-5-2-10(3-6-12)15(18,19)20/h1-6,8H,7H2,(H,21,22). The molecule has 2 rings (SSSR count). The third-order valence-electron chi connectivity index (χ3n) is 2.86. The molecule has 0 aromatic heterocycles. The van der Waals surface area contributed by atoms with Crippen LogP contribution < -0.4 is 5.32 Å². The zero-order valence-electron chi connectivity index (χ0n) is 11.0. The SMILES string of the molecule is O=C(Cc1ccc(Cl)cc1F)Nc1ccc(C(F)(F)F)cc1. The average Bonchev–Trinajstić information content (AvgIpc) is 2.41. The molecular formula is C15H10ClF4NO. The highest BCUT2D eigenvalue weighted by molar-refractivity contribution is 6.30. The van der Waals surface area contributed by atoms with Crippen LogP contribution in [0, 0.1) is 5.82 Å². The molecule has 0 spiro atoms. The molecule has 2 aromatic carbocycles. The second kappa shape index (κ2) is 6.36. The van der Waals surface area contributed by atoms with Gasteiger partial charge in [-0.3, -0.25) is 4.79 Å². The fraction of sp³-hybridized carbons (Fsp3) is 0.133. The lowest BCUT2D eigenvalue weighted by Crippen LogP contribution is -2.15. The normalized spacial score (nSPS) is 11.3. The molecule has 1 N–H and O–H groups in total. The topological polar surface area (TPSA) is 29.1 Å². The molecule has 0 heterocycles. The second-order valence-corrected chi connectivity index (χ2v) is 4.97. The Morgan fingerprint density at radius 2 is 1.73 bits per heavy atom. The number of rotatable bonds is 3. The summed E-state index contributed by atoms with van der Waals surface area (Å²) in [4.78, 5) is 11.8. The molecule has 0 aliphatic heterocycles. The van der Waals surface area contributed by atoms with Crippen molar-refractivity contribution in [1.29, 1.82) is 0 Å². The van der Waals surface area contributed by atoms with Gasteiger partial charge in [-0.2, -0.15) is 13.2 Å². The van der Waals surface area contributed by atoms with Gasteiger partial charge in [-0.15, -0.1) is 0 Å². The summed E-state index contributed by atoms with van der Waals surface area (Å²) in [6.45, 7) is 0. The van der Waals surface area contributed by atoms with E-state index in [-0.39, 0.29) is 22.7 Å². The summed E-state index contributed by atoms with van der Waals surface area (Å²) in [5.74, 6) is -1.16. The van der Waals surface area contributed by atoms with Gasteiger partial charge >= 0.3 is 6.18 Å². The molecule has 1 amide bonds. The summed E-state index contributed by atoms with van der Waals surface area (Å²) < 4.78 is 50.8. The van der Waals surface area contributed by atoms with Crippen LogP contribution in [-0.4, -0.2) is 5.91 Å². The molecule has 0 aliphatic carbocycles. The van der Waals surface area contributed by atoms with E-state index in [1.165, 1.54) is 12.1 Å². The Hall–Kier alpha value is -2.08. The van der Waals surface area contributed by atoms with Crippen molar-refractivity contribution in [2.75, 3.05) is 5.32 Å². The van der Waals surface area contributed by atoms with Gasteiger partial charge < -0.3 is 5.32 Å². The lowest BCUT2D eigenvalue weighted by molar-refractivity contribution is -0.137. The van der Waals surface area contributed by atoms with Crippen LogP contribution in [0.1, 0.15) is 11.1 Å². The van der Waals surface area contributed by atoms with Gasteiger partial charge in [0.1, 0.15) is 5.82 Å². The van der Waals surface area contributed by atoms with Gasteiger partial charge in [-0.1, -0.05) is 17.7 Å². The molecule has 22 heavy (non-hydrogen) atoms. The number of amides is 1. The van der Waals surface area contributed by atoms with E-state index >= 15 is 0 Å². The van der Waals surface area contributed by atoms with Gasteiger partial charge in [-0.05, 0) is 42.0 Å². The highest BCUT2D eigenvalue weighted by atomic mass is 35.5. The van der Waals surface area contributed by atoms with E-state index in [0.717, 1.165) is 30.3 Å². The minimum atomic E-state index is -4.44. The summed E-state index contributed by atoms with van der Waals surface area (Å²) in [5, 5.41) is 2.62. The Balaban J connectivity index is 2.03. The maximum absolute atomic E-state index is 13.5. The minimum Gasteiger partial charge on any atom is -0.326 e. The lowest BCUT2D eigenvalue weighted by atomic mass is 10.1. The zero-order chi connectivity index (χ0) is 16.3. The van der Waals surface area contributed by atoms with Crippen LogP contribution >= 0.6 is 11.6 Å². The van der Waals surface area contributed by atoms with E-state index in [1.807, 2.05) is 0 Å². The van der Waals surface area contributed by atoms with Crippen molar-refractivity contribution in [1.82, 2.24) is 0 Å². The summed E-state index contributed by atoms with van der Waals surface area (Å²) in [7, 11) is 0. The molecular weight excluding hydrogens is 322 g/mol. The van der Waals surface area contributed by atoms with E-state index in [2.05, 4.69) is 5.32 Å². The number of nitrogens with one attached hydrogen (secondary N) is 1. The van der Waals surface area contributed by atoms with Crippen molar-refractivity contribution in [3.05, 3.63) is 64.4 Å². The van der Waals surface area contributed by atoms with Crippen LogP contribution in [0.3, 0.4) is 0 Å². The molecule has 7 heteroatoms. The maximum Gasteiger partial charge on any atom is 0.416 e. The largest absolute Gasteiger partial charge is 0.416 e. The van der Waals surface area contributed by atoms with Crippen molar-refractivity contribution in [2.45, 2.75) is 12.6 Å². The van der Waals surface area contributed by atoms with Crippen LogP contribution in [0.2, 0.25) is 5.02 Å². The number of halogens is 5. The van der Waals surface area contributed by atoms with Crippen molar-refractivity contribution < 1.29 is 22.4 Å². The minimum absolute atomic E-state index is 0.147. The molecule has 0 fully saturated rings. The Kier molecular flexibility index (Phi) is 4.71. The molecule has 0 radical (unpaired) electrons. The van der Waals surface area contributed by atoms with Crippen LogP contribution in [-0.2, 0) is 17.4 Å². The molecule has 0 aliphatic rings. The number of benzene rings is 2. The van der Waals surface area contributed by atoms with E-state index in [9.17, 15) is 22.4 Å². The zero-order valence-corrected chi connectivity index (χ0v) is 11.8. The summed E-state index contributed by atoms with van der Waals surface area (Å²) in [5.41, 5.74) is -0.463.